The van der Waals surface area contributed by atoms with Crippen molar-refractivity contribution in [1.29, 1.82) is 0 Å². The molecule has 0 amide bonds. The average Bonchev–Trinajstić information content (AvgIpc) is 1.94. The van der Waals surface area contributed by atoms with Crippen LogP contribution in [0.5, 0.6) is 0 Å². The van der Waals surface area contributed by atoms with Gasteiger partial charge in [-0.15, -0.1) is 0 Å². The molecule has 0 unspecified atom stereocenters. The van der Waals surface area contributed by atoms with Gasteiger partial charge in [0.25, 0.3) is 0 Å². The van der Waals surface area contributed by atoms with E-state index in [9.17, 15) is 4.79 Å². The summed E-state index contributed by atoms with van der Waals surface area (Å²) in [5, 5.41) is 0. The lowest BCUT2D eigenvalue weighted by Crippen LogP contribution is -2.16. The summed E-state index contributed by atoms with van der Waals surface area (Å²) < 4.78 is 5.11. The second-order valence-electron chi connectivity index (χ2n) is 4.44. The fourth-order valence-electron chi connectivity index (χ4n) is 1.40. The molecule has 0 spiro atoms. The maximum absolute atomic E-state index is 11.2. The molecular formula is C11H16O2. The van der Waals surface area contributed by atoms with Gasteiger partial charge in [0.05, 0.1) is 0 Å². The first-order valence-electron chi connectivity index (χ1n) is 4.44. The number of rotatable bonds is 0. The fourth-order valence-corrected chi connectivity index (χ4v) is 1.40. The quantitative estimate of drug-likeness (QED) is 0.614. The van der Waals surface area contributed by atoms with Crippen molar-refractivity contribution in [3.63, 3.8) is 0 Å². The molecule has 0 fully saturated rings. The van der Waals surface area contributed by atoms with Crippen molar-refractivity contribution in [3.8, 4) is 0 Å². The molecule has 1 heterocycles. The van der Waals surface area contributed by atoms with E-state index in [4.69, 9.17) is 4.42 Å². The van der Waals surface area contributed by atoms with E-state index in [2.05, 4.69) is 20.8 Å². The molecule has 2 nitrogen and oxygen atoms in total. The van der Waals surface area contributed by atoms with Crippen LogP contribution in [0.2, 0.25) is 0 Å². The summed E-state index contributed by atoms with van der Waals surface area (Å²) in [6, 6.07) is 1.92. The molecule has 1 aromatic heterocycles. The van der Waals surface area contributed by atoms with Crippen molar-refractivity contribution in [2.75, 3.05) is 0 Å². The normalized spacial score (nSPS) is 11.8. The van der Waals surface area contributed by atoms with Gasteiger partial charge in [-0.2, -0.15) is 0 Å². The molecule has 0 saturated heterocycles. The summed E-state index contributed by atoms with van der Waals surface area (Å²) in [5.74, 6) is 0.725. The molecule has 0 radical (unpaired) electrons. The molecule has 0 aromatic carbocycles. The third kappa shape index (κ3) is 2.00. The third-order valence-corrected chi connectivity index (χ3v) is 2.12. The Morgan fingerprint density at radius 2 is 1.77 bits per heavy atom. The third-order valence-electron chi connectivity index (χ3n) is 2.12. The largest absolute Gasteiger partial charge is 0.428 e. The zero-order valence-corrected chi connectivity index (χ0v) is 8.89. The van der Waals surface area contributed by atoms with Gasteiger partial charge in [0.1, 0.15) is 5.76 Å². The van der Waals surface area contributed by atoms with Crippen LogP contribution in [0.4, 0.5) is 0 Å². The van der Waals surface area contributed by atoms with Crippen molar-refractivity contribution >= 4 is 0 Å². The first-order chi connectivity index (χ1) is 5.82. The molecule has 2 heteroatoms. The molecule has 1 aromatic rings. The monoisotopic (exact) mass is 180 g/mol. The van der Waals surface area contributed by atoms with Gasteiger partial charge >= 0.3 is 5.63 Å². The smallest absolute Gasteiger partial charge is 0.338 e. The molecule has 0 aliphatic carbocycles. The maximum Gasteiger partial charge on any atom is 0.338 e. The highest BCUT2D eigenvalue weighted by Gasteiger charge is 2.18. The van der Waals surface area contributed by atoms with E-state index < -0.39 is 0 Å². The maximum atomic E-state index is 11.2. The van der Waals surface area contributed by atoms with E-state index in [1.165, 1.54) is 0 Å². The Labute approximate surface area is 78.6 Å². The van der Waals surface area contributed by atoms with Gasteiger partial charge in [-0.25, -0.2) is 4.79 Å². The minimum Gasteiger partial charge on any atom is -0.428 e. The lowest BCUT2D eigenvalue weighted by Gasteiger charge is -2.20. The summed E-state index contributed by atoms with van der Waals surface area (Å²) >= 11 is 0. The lowest BCUT2D eigenvalue weighted by molar-refractivity contribution is 0.444. The second kappa shape index (κ2) is 3.02. The van der Waals surface area contributed by atoms with E-state index in [-0.39, 0.29) is 11.0 Å². The second-order valence-corrected chi connectivity index (χ2v) is 4.44. The van der Waals surface area contributed by atoms with Gasteiger partial charge < -0.3 is 4.42 Å². The fraction of sp³-hybridized carbons (Fsp3) is 0.545. The van der Waals surface area contributed by atoms with E-state index in [0.717, 1.165) is 11.3 Å². The zero-order valence-electron chi connectivity index (χ0n) is 8.89. The van der Waals surface area contributed by atoms with Crippen LogP contribution in [0.1, 0.15) is 37.7 Å². The summed E-state index contributed by atoms with van der Waals surface area (Å²) in [6.07, 6.45) is 0. The van der Waals surface area contributed by atoms with Crippen LogP contribution >= 0.6 is 0 Å². The highest BCUT2D eigenvalue weighted by Crippen LogP contribution is 2.24. The van der Waals surface area contributed by atoms with Gasteiger partial charge in [0, 0.05) is 5.56 Å². The predicted molar refractivity (Wildman–Crippen MR) is 53.2 cm³/mol. The Hall–Kier alpha value is -1.05. The summed E-state index contributed by atoms with van der Waals surface area (Å²) in [5.41, 5.74) is 1.58. The van der Waals surface area contributed by atoms with Crippen LogP contribution < -0.4 is 5.63 Å². The molecule has 0 N–H and O–H groups in total. The topological polar surface area (TPSA) is 30.2 Å². The minimum absolute atomic E-state index is 0.0338. The molecular weight excluding hydrogens is 164 g/mol. The van der Waals surface area contributed by atoms with E-state index in [1.807, 2.05) is 13.0 Å². The standard InChI is InChI=1S/C11H16O2/c1-7-6-9(11(3,4)5)8(2)13-10(7)12/h6H,1-5H3. The molecule has 0 bridgehead atoms. The summed E-state index contributed by atoms with van der Waals surface area (Å²) in [6.45, 7) is 9.93. The zero-order chi connectivity index (χ0) is 10.2. The van der Waals surface area contributed by atoms with Crippen LogP contribution in [0.15, 0.2) is 15.3 Å². The van der Waals surface area contributed by atoms with Crippen molar-refractivity contribution < 1.29 is 4.42 Å². The number of aryl methyl sites for hydroxylation is 2. The van der Waals surface area contributed by atoms with E-state index in [0.29, 0.717) is 5.56 Å². The van der Waals surface area contributed by atoms with E-state index >= 15 is 0 Å². The lowest BCUT2D eigenvalue weighted by atomic mass is 9.86. The molecule has 1 rings (SSSR count). The Balaban J connectivity index is 3.41. The van der Waals surface area contributed by atoms with Crippen molar-refractivity contribution in [2.24, 2.45) is 0 Å². The number of hydrogen-bond acceptors (Lipinski definition) is 2. The highest BCUT2D eigenvalue weighted by molar-refractivity contribution is 5.27. The Kier molecular flexibility index (Phi) is 2.33. The van der Waals surface area contributed by atoms with Gasteiger partial charge in [-0.1, -0.05) is 20.8 Å². The van der Waals surface area contributed by atoms with Crippen LogP contribution in [0, 0.1) is 13.8 Å². The predicted octanol–water partition coefficient (Wildman–Crippen LogP) is 2.55. The molecule has 0 atom stereocenters. The minimum atomic E-state index is -0.231. The number of hydrogen-bond donors (Lipinski definition) is 0. The van der Waals surface area contributed by atoms with Gasteiger partial charge in [0.2, 0.25) is 0 Å². The van der Waals surface area contributed by atoms with Crippen LogP contribution in [0.25, 0.3) is 0 Å². The summed E-state index contributed by atoms with van der Waals surface area (Å²) in [7, 11) is 0. The molecule has 13 heavy (non-hydrogen) atoms. The van der Waals surface area contributed by atoms with Gasteiger partial charge in [0.15, 0.2) is 0 Å². The van der Waals surface area contributed by atoms with Gasteiger partial charge in [-0.3, -0.25) is 0 Å². The Morgan fingerprint density at radius 1 is 1.23 bits per heavy atom. The Morgan fingerprint density at radius 3 is 2.23 bits per heavy atom. The molecule has 0 saturated carbocycles. The van der Waals surface area contributed by atoms with Crippen molar-refractivity contribution in [1.82, 2.24) is 0 Å². The molecule has 0 aliphatic heterocycles. The van der Waals surface area contributed by atoms with E-state index in [1.54, 1.807) is 6.92 Å². The van der Waals surface area contributed by atoms with Crippen LogP contribution in [0.3, 0.4) is 0 Å². The van der Waals surface area contributed by atoms with Crippen molar-refractivity contribution in [2.45, 2.75) is 40.0 Å². The van der Waals surface area contributed by atoms with Crippen LogP contribution in [-0.2, 0) is 5.41 Å². The average molecular weight is 180 g/mol. The van der Waals surface area contributed by atoms with Crippen molar-refractivity contribution in [3.05, 3.63) is 33.4 Å². The SMILES string of the molecule is Cc1oc(=O)c(C)cc1C(C)(C)C. The first kappa shape index (κ1) is 10.0. The van der Waals surface area contributed by atoms with Gasteiger partial charge in [-0.05, 0) is 30.9 Å². The molecule has 0 aliphatic rings. The Bertz CT molecular complexity index is 367. The first-order valence-corrected chi connectivity index (χ1v) is 4.44. The summed E-state index contributed by atoms with van der Waals surface area (Å²) in [4.78, 5) is 11.2. The van der Waals surface area contributed by atoms with Crippen LogP contribution in [-0.4, -0.2) is 0 Å². The highest BCUT2D eigenvalue weighted by atomic mass is 16.4. The molecule has 72 valence electrons.